The van der Waals surface area contributed by atoms with Crippen molar-refractivity contribution in [3.8, 4) is 11.5 Å². The van der Waals surface area contributed by atoms with Crippen LogP contribution < -0.4 is 25.8 Å². The predicted molar refractivity (Wildman–Crippen MR) is 203 cm³/mol. The topological polar surface area (TPSA) is 190 Å². The van der Waals surface area contributed by atoms with Gasteiger partial charge in [-0.3, -0.25) is 13.9 Å². The minimum absolute atomic E-state index is 0.00334. The van der Waals surface area contributed by atoms with Crippen LogP contribution in [0.5, 0.6) is 11.5 Å². The molecule has 0 aliphatic heterocycles. The number of carboxylic acid groups (broad SMARTS) is 1. The van der Waals surface area contributed by atoms with E-state index in [2.05, 4.69) is 4.72 Å². The Bertz CT molecular complexity index is 2070. The van der Waals surface area contributed by atoms with Crippen LogP contribution in [-0.4, -0.2) is 45.9 Å². The second-order valence-corrected chi connectivity index (χ2v) is 16.7. The molecule has 0 aliphatic rings. The molecule has 0 aromatic heterocycles. The molecule has 4 aromatic carbocycles. The lowest BCUT2D eigenvalue weighted by atomic mass is 10.1. The first-order chi connectivity index (χ1) is 25.5. The Hall–Kier alpha value is -4.40. The first kappa shape index (κ1) is 44.0. The highest BCUT2D eigenvalue weighted by atomic mass is 32.2. The molecule has 0 amide bonds. The molecule has 0 spiro atoms. The number of nitrogen functional groups attached to an aromatic ring is 1. The van der Waals surface area contributed by atoms with E-state index in [1.807, 2.05) is 0 Å². The molecule has 0 aliphatic carbocycles. The van der Waals surface area contributed by atoms with Crippen LogP contribution >= 0.6 is 15.2 Å². The average molecular weight is 811 g/mol. The van der Waals surface area contributed by atoms with Gasteiger partial charge in [-0.05, 0) is 131 Å². The molecule has 0 fully saturated rings. The number of nitrogens with one attached hydrogen (secondary N) is 1. The van der Waals surface area contributed by atoms with Gasteiger partial charge in [0, 0.05) is 16.9 Å². The monoisotopic (exact) mass is 810 g/mol. The number of benzene rings is 4. The van der Waals surface area contributed by atoms with Gasteiger partial charge in [-0.2, -0.15) is 0 Å². The van der Waals surface area contributed by atoms with Gasteiger partial charge in [0.05, 0.1) is 41.9 Å². The summed E-state index contributed by atoms with van der Waals surface area (Å²) in [5.41, 5.74) is 6.25. The number of ether oxygens (including phenoxy) is 1. The Labute approximate surface area is 313 Å². The van der Waals surface area contributed by atoms with Crippen molar-refractivity contribution in [2.24, 2.45) is 0 Å². The standard InChI is InChI=1S/C26H26F2NO8PS.C10H16NO3P/c1-4-35-38(32,36-5-2)21-10-6-19(7-11-21)29-39(33,34)22-12-8-20(9-13-22)37-25-23(27)15-18(16-24(25)28)14-17(3)26(30)31;1-3-13-15(12,14-4-2)10-7-5-9(11)6-8-10/h6-16,29H,4-5H2,1-3H3,(H,30,31);5-8H,3-4,11H2,1-2H3/b17-14+;. The number of hydrogen-bond acceptors (Lipinski definition) is 11. The zero-order valence-corrected chi connectivity index (χ0v) is 32.8. The summed E-state index contributed by atoms with van der Waals surface area (Å²) in [6.45, 7) is 9.23. The lowest BCUT2D eigenvalue weighted by Gasteiger charge is -2.17. The molecular weight excluding hydrogens is 768 g/mol. The van der Waals surface area contributed by atoms with Gasteiger partial charge < -0.3 is 33.7 Å². The zero-order valence-electron chi connectivity index (χ0n) is 30.2. The number of aliphatic carboxylic acids is 1. The molecule has 0 heterocycles. The number of hydrogen-bond donors (Lipinski definition) is 3. The zero-order chi connectivity index (χ0) is 40.1. The van der Waals surface area contributed by atoms with Gasteiger partial charge in [-0.25, -0.2) is 22.0 Å². The molecule has 4 N–H and O–H groups in total. The van der Waals surface area contributed by atoms with Crippen LogP contribution in [-0.2, 0) is 42.0 Å². The SMILES string of the molecule is CCOP(=O)(OCC)c1ccc(N)cc1.CCOP(=O)(OCC)c1ccc(NS(=O)(=O)c2ccc(Oc3c(F)cc(/C=C(\C)C(=O)O)cc3F)cc2)cc1. The van der Waals surface area contributed by atoms with Crippen molar-refractivity contribution in [3.63, 3.8) is 0 Å². The first-order valence-corrected chi connectivity index (χ1v) is 21.0. The van der Waals surface area contributed by atoms with E-state index in [1.54, 1.807) is 52.0 Å². The minimum atomic E-state index is -4.05. The lowest BCUT2D eigenvalue weighted by Crippen LogP contribution is -2.14. The number of sulfonamides is 1. The highest BCUT2D eigenvalue weighted by molar-refractivity contribution is 7.92. The van der Waals surface area contributed by atoms with Crippen LogP contribution in [0.3, 0.4) is 0 Å². The van der Waals surface area contributed by atoms with E-state index in [9.17, 15) is 31.1 Å². The smallest absolute Gasteiger partial charge is 0.361 e. The van der Waals surface area contributed by atoms with Crippen molar-refractivity contribution in [3.05, 3.63) is 108 Å². The normalized spacial score (nSPS) is 12.1. The summed E-state index contributed by atoms with van der Waals surface area (Å²) in [5, 5.41) is 9.74. The van der Waals surface area contributed by atoms with Crippen LogP contribution in [0.4, 0.5) is 20.2 Å². The summed E-state index contributed by atoms with van der Waals surface area (Å²) < 4.78 is 108. The largest absolute Gasteiger partial charge is 0.478 e. The van der Waals surface area contributed by atoms with Gasteiger partial charge in [0.1, 0.15) is 5.75 Å². The number of carboxylic acids is 1. The molecule has 0 atom stereocenters. The number of carbonyl (C=O) groups is 1. The molecule has 0 bridgehead atoms. The van der Waals surface area contributed by atoms with Crippen LogP contribution in [0.15, 0.2) is 95.4 Å². The maximum Gasteiger partial charge on any atom is 0.361 e. The van der Waals surface area contributed by atoms with E-state index in [1.165, 1.54) is 55.5 Å². The van der Waals surface area contributed by atoms with Crippen molar-refractivity contribution in [2.45, 2.75) is 39.5 Å². The van der Waals surface area contributed by atoms with Crippen LogP contribution in [0.1, 0.15) is 40.2 Å². The minimum Gasteiger partial charge on any atom is -0.478 e. The Morgan fingerprint density at radius 1 is 0.759 bits per heavy atom. The second-order valence-electron chi connectivity index (χ2n) is 10.9. The van der Waals surface area contributed by atoms with Gasteiger partial charge in [0.15, 0.2) is 17.4 Å². The molecule has 0 saturated heterocycles. The Balaban J connectivity index is 0.000000437. The van der Waals surface area contributed by atoms with Gasteiger partial charge in [0.2, 0.25) is 0 Å². The fraction of sp³-hybridized carbons (Fsp3) is 0.250. The fourth-order valence-corrected chi connectivity index (χ4v) is 8.70. The molecule has 4 rings (SSSR count). The molecule has 0 radical (unpaired) electrons. The van der Waals surface area contributed by atoms with Gasteiger partial charge in [0.25, 0.3) is 10.0 Å². The number of anilines is 2. The molecular formula is C36H42F2N2O11P2S. The quantitative estimate of drug-likeness (QED) is 0.0529. The predicted octanol–water partition coefficient (Wildman–Crippen LogP) is 8.10. The number of halogens is 2. The molecule has 18 heteroatoms. The van der Waals surface area contributed by atoms with Gasteiger partial charge >= 0.3 is 21.2 Å². The molecule has 13 nitrogen and oxygen atoms in total. The van der Waals surface area contributed by atoms with E-state index >= 15 is 0 Å². The van der Waals surface area contributed by atoms with Gasteiger partial charge in [-0.15, -0.1) is 0 Å². The lowest BCUT2D eigenvalue weighted by molar-refractivity contribution is -0.132. The fourth-order valence-electron chi connectivity index (χ4n) is 4.51. The Morgan fingerprint density at radius 3 is 1.59 bits per heavy atom. The third-order valence-corrected chi connectivity index (χ3v) is 12.6. The molecule has 4 aromatic rings. The summed E-state index contributed by atoms with van der Waals surface area (Å²) in [7, 11) is -10.7. The van der Waals surface area contributed by atoms with E-state index in [-0.39, 0.29) is 46.0 Å². The summed E-state index contributed by atoms with van der Waals surface area (Å²) in [4.78, 5) is 10.8. The summed E-state index contributed by atoms with van der Waals surface area (Å²) >= 11 is 0. The van der Waals surface area contributed by atoms with Crippen molar-refractivity contribution in [2.75, 3.05) is 36.9 Å². The molecule has 54 heavy (non-hydrogen) atoms. The maximum atomic E-state index is 14.5. The third-order valence-electron chi connectivity index (χ3n) is 6.94. The average Bonchev–Trinajstić information content (AvgIpc) is 3.11. The van der Waals surface area contributed by atoms with Crippen molar-refractivity contribution < 1.29 is 59.1 Å². The van der Waals surface area contributed by atoms with E-state index < -0.39 is 48.6 Å². The maximum absolute atomic E-state index is 14.5. The molecule has 0 unspecified atom stereocenters. The van der Waals surface area contributed by atoms with Crippen LogP contribution in [0.25, 0.3) is 6.08 Å². The second kappa shape index (κ2) is 19.8. The van der Waals surface area contributed by atoms with Gasteiger partial charge in [-0.1, -0.05) is 0 Å². The number of rotatable bonds is 17. The van der Waals surface area contributed by atoms with E-state index in [0.717, 1.165) is 18.2 Å². The van der Waals surface area contributed by atoms with Crippen molar-refractivity contribution in [1.29, 1.82) is 0 Å². The highest BCUT2D eigenvalue weighted by Gasteiger charge is 2.27. The van der Waals surface area contributed by atoms with E-state index in [4.69, 9.17) is 33.7 Å². The number of nitrogens with two attached hydrogens (primary N) is 1. The molecule has 292 valence electrons. The van der Waals surface area contributed by atoms with Crippen molar-refractivity contribution >= 4 is 59.2 Å². The summed E-state index contributed by atoms with van der Waals surface area (Å²) in [5.74, 6) is -4.14. The summed E-state index contributed by atoms with van der Waals surface area (Å²) in [6.07, 6.45) is 1.11. The Kier molecular flexibility index (Phi) is 16.1. The van der Waals surface area contributed by atoms with E-state index in [0.29, 0.717) is 24.2 Å². The van der Waals surface area contributed by atoms with Crippen LogP contribution in [0.2, 0.25) is 0 Å². The summed E-state index contributed by atoms with van der Waals surface area (Å²) in [6, 6.07) is 19.1. The Morgan fingerprint density at radius 2 is 1.19 bits per heavy atom. The third kappa shape index (κ3) is 12.1. The van der Waals surface area contributed by atoms with Crippen LogP contribution in [0, 0.1) is 11.6 Å². The molecule has 0 saturated carbocycles. The highest BCUT2D eigenvalue weighted by Crippen LogP contribution is 2.47. The van der Waals surface area contributed by atoms with Crippen molar-refractivity contribution in [1.82, 2.24) is 0 Å². The first-order valence-electron chi connectivity index (χ1n) is 16.5.